The van der Waals surface area contributed by atoms with Crippen molar-refractivity contribution in [3.8, 4) is 0 Å². The summed E-state index contributed by atoms with van der Waals surface area (Å²) in [5.41, 5.74) is 4.53. The number of carbonyl (C=O) groups excluding carboxylic acids is 2. The van der Waals surface area contributed by atoms with Crippen molar-refractivity contribution < 1.29 is 19.5 Å². The van der Waals surface area contributed by atoms with Crippen molar-refractivity contribution in [3.05, 3.63) is 33.2 Å². The number of nitrogens with two attached hydrogens (primary N) is 1. The van der Waals surface area contributed by atoms with E-state index < -0.39 is 36.4 Å². The first kappa shape index (κ1) is 15.9. The first-order valence-electron chi connectivity index (χ1n) is 5.43. The van der Waals surface area contributed by atoms with Crippen molar-refractivity contribution in [1.82, 2.24) is 9.47 Å². The van der Waals surface area contributed by atoms with E-state index in [0.29, 0.717) is 4.47 Å². The van der Waals surface area contributed by atoms with Crippen molar-refractivity contribution in [2.75, 3.05) is 13.1 Å². The van der Waals surface area contributed by atoms with Gasteiger partial charge in [0.1, 0.15) is 13.1 Å². The molecule has 0 aromatic carbocycles. The Hall–Kier alpha value is -2.16. The van der Waals surface area contributed by atoms with Crippen LogP contribution in [0, 0.1) is 0 Å². The molecule has 20 heavy (non-hydrogen) atoms. The minimum atomic E-state index is -1.28. The van der Waals surface area contributed by atoms with Gasteiger partial charge in [-0.15, -0.1) is 0 Å². The SMILES string of the molecule is NC(=O)CN(CC(=O)O)C(=O)Cn1cc(Br)ccc1=O. The van der Waals surface area contributed by atoms with Crippen LogP contribution in [0.1, 0.15) is 0 Å². The number of amides is 2. The first-order valence-corrected chi connectivity index (χ1v) is 6.22. The molecule has 9 heteroatoms. The van der Waals surface area contributed by atoms with Gasteiger partial charge in [0.15, 0.2) is 0 Å². The van der Waals surface area contributed by atoms with Gasteiger partial charge in [-0.1, -0.05) is 0 Å². The Bertz CT molecular complexity index is 582. The van der Waals surface area contributed by atoms with Crippen LogP contribution in [0.4, 0.5) is 0 Å². The van der Waals surface area contributed by atoms with Crippen molar-refractivity contribution >= 4 is 33.7 Å². The number of hydrogen-bond acceptors (Lipinski definition) is 4. The van der Waals surface area contributed by atoms with Crippen LogP contribution in [0.3, 0.4) is 0 Å². The van der Waals surface area contributed by atoms with Gasteiger partial charge in [-0.2, -0.15) is 0 Å². The third-order valence-electron chi connectivity index (χ3n) is 2.28. The lowest BCUT2D eigenvalue weighted by molar-refractivity contribution is -0.145. The molecule has 0 saturated heterocycles. The van der Waals surface area contributed by atoms with Gasteiger partial charge < -0.3 is 20.3 Å². The number of nitrogens with zero attached hydrogens (tertiary/aromatic N) is 2. The van der Waals surface area contributed by atoms with E-state index in [2.05, 4.69) is 15.9 Å². The molecule has 1 rings (SSSR count). The molecule has 0 aliphatic heterocycles. The maximum absolute atomic E-state index is 11.9. The average molecular weight is 346 g/mol. The standard InChI is InChI=1S/C11H12BrN3O5/c12-7-1-2-9(17)14(3-7)5-10(18)15(4-8(13)16)6-11(19)20/h1-3H,4-6H2,(H2,13,16)(H,19,20). The number of carboxylic acid groups (broad SMARTS) is 1. The van der Waals surface area contributed by atoms with Crippen molar-refractivity contribution in [2.24, 2.45) is 5.73 Å². The van der Waals surface area contributed by atoms with Gasteiger partial charge in [-0.3, -0.25) is 19.2 Å². The molecular formula is C11H12BrN3O5. The predicted molar refractivity (Wildman–Crippen MR) is 71.8 cm³/mol. The van der Waals surface area contributed by atoms with Crippen LogP contribution in [-0.2, 0) is 20.9 Å². The largest absolute Gasteiger partial charge is 0.480 e. The van der Waals surface area contributed by atoms with Gasteiger partial charge in [-0.25, -0.2) is 0 Å². The minimum absolute atomic E-state index is 0.376. The molecule has 0 aliphatic rings. The maximum Gasteiger partial charge on any atom is 0.323 e. The molecule has 0 unspecified atom stereocenters. The normalized spacial score (nSPS) is 10.1. The van der Waals surface area contributed by atoms with Crippen LogP contribution in [0.5, 0.6) is 0 Å². The topological polar surface area (TPSA) is 123 Å². The average Bonchev–Trinajstić information content (AvgIpc) is 2.31. The fourth-order valence-electron chi connectivity index (χ4n) is 1.46. The zero-order chi connectivity index (χ0) is 15.3. The first-order chi connectivity index (χ1) is 9.29. The Morgan fingerprint density at radius 3 is 2.50 bits per heavy atom. The summed E-state index contributed by atoms with van der Waals surface area (Å²) < 4.78 is 1.69. The van der Waals surface area contributed by atoms with Gasteiger partial charge in [0, 0.05) is 16.7 Å². The van der Waals surface area contributed by atoms with Crippen molar-refractivity contribution in [3.63, 3.8) is 0 Å². The van der Waals surface area contributed by atoms with Gasteiger partial charge >= 0.3 is 5.97 Å². The monoisotopic (exact) mass is 345 g/mol. The Morgan fingerprint density at radius 1 is 1.30 bits per heavy atom. The van der Waals surface area contributed by atoms with E-state index in [4.69, 9.17) is 10.8 Å². The predicted octanol–water partition coefficient (Wildman–Crippen LogP) is -0.991. The lowest BCUT2D eigenvalue weighted by Gasteiger charge is -2.19. The molecular weight excluding hydrogens is 334 g/mol. The van der Waals surface area contributed by atoms with Crippen molar-refractivity contribution in [2.45, 2.75) is 6.54 Å². The highest BCUT2D eigenvalue weighted by Crippen LogP contribution is 2.05. The lowest BCUT2D eigenvalue weighted by Crippen LogP contribution is -2.43. The second-order valence-corrected chi connectivity index (χ2v) is 4.84. The van der Waals surface area contributed by atoms with Crippen LogP contribution >= 0.6 is 15.9 Å². The Morgan fingerprint density at radius 2 is 1.95 bits per heavy atom. The molecule has 8 nitrogen and oxygen atoms in total. The Balaban J connectivity index is 2.89. The molecule has 0 bridgehead atoms. The van der Waals surface area contributed by atoms with Crippen LogP contribution in [0.15, 0.2) is 27.6 Å². The van der Waals surface area contributed by atoms with E-state index in [9.17, 15) is 19.2 Å². The van der Waals surface area contributed by atoms with Crippen LogP contribution < -0.4 is 11.3 Å². The maximum atomic E-state index is 11.9. The number of carbonyl (C=O) groups is 3. The van der Waals surface area contributed by atoms with E-state index in [1.54, 1.807) is 0 Å². The summed E-state index contributed by atoms with van der Waals surface area (Å²) in [5, 5.41) is 8.69. The summed E-state index contributed by atoms with van der Waals surface area (Å²) in [4.78, 5) is 45.7. The summed E-state index contributed by atoms with van der Waals surface area (Å²) in [6.45, 7) is -1.56. The number of halogens is 1. The summed E-state index contributed by atoms with van der Waals surface area (Å²) in [5.74, 6) is -2.80. The highest BCUT2D eigenvalue weighted by molar-refractivity contribution is 9.10. The fourth-order valence-corrected chi connectivity index (χ4v) is 1.83. The van der Waals surface area contributed by atoms with E-state index in [-0.39, 0.29) is 6.54 Å². The third kappa shape index (κ3) is 4.84. The molecule has 0 fully saturated rings. The highest BCUT2D eigenvalue weighted by Gasteiger charge is 2.19. The number of aromatic nitrogens is 1. The number of hydrogen-bond donors (Lipinski definition) is 2. The summed E-state index contributed by atoms with van der Waals surface area (Å²) in [6, 6.07) is 2.77. The van der Waals surface area contributed by atoms with Crippen molar-refractivity contribution in [1.29, 1.82) is 0 Å². The number of aliphatic carboxylic acids is 1. The molecule has 0 radical (unpaired) electrons. The Labute approximate surface area is 121 Å². The number of carboxylic acids is 1. The summed E-state index contributed by atoms with van der Waals surface area (Å²) in [7, 11) is 0. The quantitative estimate of drug-likeness (QED) is 0.685. The van der Waals surface area contributed by atoms with E-state index in [1.165, 1.54) is 18.3 Å². The lowest BCUT2D eigenvalue weighted by atomic mass is 10.4. The third-order valence-corrected chi connectivity index (χ3v) is 2.75. The zero-order valence-corrected chi connectivity index (χ0v) is 11.9. The molecule has 2 amide bonds. The van der Waals surface area contributed by atoms with Gasteiger partial charge in [0.25, 0.3) is 5.56 Å². The molecule has 0 atom stereocenters. The number of pyridine rings is 1. The summed E-state index contributed by atoms with van der Waals surface area (Å²) >= 11 is 3.15. The van der Waals surface area contributed by atoms with Gasteiger partial charge in [0.2, 0.25) is 11.8 Å². The Kier molecular flexibility index (Phi) is 5.44. The summed E-state index contributed by atoms with van der Waals surface area (Å²) in [6.07, 6.45) is 1.39. The molecule has 1 aromatic rings. The van der Waals surface area contributed by atoms with Gasteiger partial charge in [0.05, 0.1) is 6.54 Å². The molecule has 0 spiro atoms. The van der Waals surface area contributed by atoms with E-state index in [0.717, 1.165) is 9.47 Å². The van der Waals surface area contributed by atoms with E-state index >= 15 is 0 Å². The highest BCUT2D eigenvalue weighted by atomic mass is 79.9. The van der Waals surface area contributed by atoms with Crippen LogP contribution in [-0.4, -0.2) is 45.4 Å². The fraction of sp³-hybridized carbons (Fsp3) is 0.273. The second kappa shape index (κ2) is 6.85. The van der Waals surface area contributed by atoms with Crippen LogP contribution in [0.2, 0.25) is 0 Å². The smallest absolute Gasteiger partial charge is 0.323 e. The number of rotatable bonds is 6. The molecule has 0 aliphatic carbocycles. The molecule has 3 N–H and O–H groups in total. The second-order valence-electron chi connectivity index (χ2n) is 3.92. The van der Waals surface area contributed by atoms with Crippen LogP contribution in [0.25, 0.3) is 0 Å². The molecule has 1 heterocycles. The molecule has 108 valence electrons. The molecule has 1 aromatic heterocycles. The minimum Gasteiger partial charge on any atom is -0.480 e. The molecule has 0 saturated carbocycles. The number of primary amides is 1. The zero-order valence-electron chi connectivity index (χ0n) is 10.3. The van der Waals surface area contributed by atoms with Gasteiger partial charge in [-0.05, 0) is 22.0 Å². The van der Waals surface area contributed by atoms with E-state index in [1.807, 2.05) is 0 Å².